The lowest BCUT2D eigenvalue weighted by molar-refractivity contribution is -0.113. The number of hydrogen-bond donors (Lipinski definition) is 3. The first-order valence-corrected chi connectivity index (χ1v) is 4.17. The van der Waals surface area contributed by atoms with Gasteiger partial charge in [0.05, 0.1) is 6.34 Å². The van der Waals surface area contributed by atoms with Gasteiger partial charge in [-0.2, -0.15) is 0 Å². The van der Waals surface area contributed by atoms with Crippen LogP contribution >= 0.6 is 0 Å². The second kappa shape index (κ2) is 8.73. The predicted molar refractivity (Wildman–Crippen MR) is 52.9 cm³/mol. The van der Waals surface area contributed by atoms with Crippen LogP contribution in [0.25, 0.3) is 0 Å². The zero-order chi connectivity index (χ0) is 9.94. The van der Waals surface area contributed by atoms with Crippen LogP contribution in [-0.2, 0) is 4.79 Å². The number of carbonyl (C=O) groups is 1. The Kier molecular flexibility index (Phi) is 7.82. The minimum absolute atomic E-state index is 0.398. The quantitative estimate of drug-likeness (QED) is 0.126. The molecule has 0 rings (SSSR count). The molecule has 0 aliphatic rings. The van der Waals surface area contributed by atoms with Crippen molar-refractivity contribution in [3.05, 3.63) is 12.2 Å². The van der Waals surface area contributed by atoms with Gasteiger partial charge in [0.2, 0.25) is 5.91 Å². The number of allylic oxidation sites excluding steroid dienone is 1. The Balaban J connectivity index is 3.17. The Morgan fingerprint density at radius 3 is 2.85 bits per heavy atom. The topological polar surface area (TPSA) is 93.5 Å². The average Bonchev–Trinajstić information content (AvgIpc) is 2.09. The van der Waals surface area contributed by atoms with E-state index in [4.69, 9.17) is 11.6 Å². The highest BCUT2D eigenvalue weighted by atomic mass is 16.1. The molecule has 0 saturated carbocycles. The zero-order valence-electron chi connectivity index (χ0n) is 7.57. The molecule has 0 saturated heterocycles. The van der Waals surface area contributed by atoms with Crippen molar-refractivity contribution in [2.45, 2.75) is 19.3 Å². The van der Waals surface area contributed by atoms with Crippen LogP contribution < -0.4 is 17.0 Å². The Morgan fingerprint density at radius 2 is 2.23 bits per heavy atom. The molecule has 5 nitrogen and oxygen atoms in total. The Bertz CT molecular complexity index is 189. The minimum atomic E-state index is -0.398. The van der Waals surface area contributed by atoms with Gasteiger partial charge >= 0.3 is 0 Å². The van der Waals surface area contributed by atoms with Crippen molar-refractivity contribution in [3.63, 3.8) is 0 Å². The number of nitrogens with zero attached hydrogens (tertiary/aromatic N) is 1. The molecule has 74 valence electrons. The summed E-state index contributed by atoms with van der Waals surface area (Å²) < 4.78 is 0. The van der Waals surface area contributed by atoms with Gasteiger partial charge in [0.15, 0.2) is 0 Å². The maximum absolute atomic E-state index is 10.3. The summed E-state index contributed by atoms with van der Waals surface area (Å²) in [5.41, 5.74) is 7.22. The van der Waals surface area contributed by atoms with E-state index in [2.05, 4.69) is 10.4 Å². The maximum atomic E-state index is 10.3. The summed E-state index contributed by atoms with van der Waals surface area (Å²) in [6, 6.07) is 0. The first-order chi connectivity index (χ1) is 6.27. The second-order valence-electron chi connectivity index (χ2n) is 2.50. The van der Waals surface area contributed by atoms with Crippen LogP contribution in [0.4, 0.5) is 0 Å². The Labute approximate surface area is 77.9 Å². The average molecular weight is 184 g/mol. The highest BCUT2D eigenvalue weighted by Gasteiger charge is 1.85. The van der Waals surface area contributed by atoms with Crippen LogP contribution in [0, 0.1) is 0 Å². The second-order valence-corrected chi connectivity index (χ2v) is 2.50. The fourth-order valence-electron chi connectivity index (χ4n) is 0.782. The lowest BCUT2D eigenvalue weighted by atomic mass is 10.2. The maximum Gasteiger partial charge on any atom is 0.241 e. The van der Waals surface area contributed by atoms with E-state index in [1.165, 1.54) is 12.4 Å². The zero-order valence-corrected chi connectivity index (χ0v) is 7.57. The molecule has 0 aromatic heterocycles. The van der Waals surface area contributed by atoms with Gasteiger partial charge in [-0.25, -0.2) is 5.84 Å². The van der Waals surface area contributed by atoms with Gasteiger partial charge in [0, 0.05) is 6.54 Å². The Hall–Kier alpha value is -1.36. The summed E-state index contributed by atoms with van der Waals surface area (Å²) in [7, 11) is 0. The third-order valence-electron chi connectivity index (χ3n) is 1.36. The third-order valence-corrected chi connectivity index (χ3v) is 1.36. The van der Waals surface area contributed by atoms with Crippen LogP contribution in [-0.4, -0.2) is 18.8 Å². The number of hydrogen-bond acceptors (Lipinski definition) is 3. The van der Waals surface area contributed by atoms with Crippen molar-refractivity contribution < 1.29 is 4.79 Å². The number of primary amides is 1. The smallest absolute Gasteiger partial charge is 0.241 e. The van der Waals surface area contributed by atoms with Crippen LogP contribution in [0.3, 0.4) is 0 Å². The minimum Gasteiger partial charge on any atom is -0.366 e. The molecular weight excluding hydrogens is 168 g/mol. The molecule has 5 N–H and O–H groups in total. The van der Waals surface area contributed by atoms with E-state index in [1.807, 2.05) is 0 Å². The number of rotatable bonds is 7. The normalized spacial score (nSPS) is 11.2. The van der Waals surface area contributed by atoms with E-state index in [0.717, 1.165) is 25.8 Å². The van der Waals surface area contributed by atoms with Gasteiger partial charge in [0.1, 0.15) is 0 Å². The number of carbonyl (C=O) groups excluding carboxylic acids is 1. The molecule has 13 heavy (non-hydrogen) atoms. The SMILES string of the molecule is NNC=NCCCCC=CC(N)=O. The van der Waals surface area contributed by atoms with Crippen LogP contribution in [0.1, 0.15) is 19.3 Å². The summed E-state index contributed by atoms with van der Waals surface area (Å²) in [5.74, 6) is 4.56. The van der Waals surface area contributed by atoms with Crippen molar-refractivity contribution in [3.8, 4) is 0 Å². The Morgan fingerprint density at radius 1 is 1.46 bits per heavy atom. The van der Waals surface area contributed by atoms with Gasteiger partial charge in [-0.1, -0.05) is 6.08 Å². The van der Waals surface area contributed by atoms with E-state index in [9.17, 15) is 4.79 Å². The van der Waals surface area contributed by atoms with Gasteiger partial charge in [0.25, 0.3) is 0 Å². The van der Waals surface area contributed by atoms with E-state index in [-0.39, 0.29) is 0 Å². The molecule has 0 fully saturated rings. The third kappa shape index (κ3) is 10.6. The molecule has 0 atom stereocenters. The molecule has 0 bridgehead atoms. The van der Waals surface area contributed by atoms with Crippen LogP contribution in [0.5, 0.6) is 0 Å². The van der Waals surface area contributed by atoms with Crippen molar-refractivity contribution in [1.82, 2.24) is 5.43 Å². The van der Waals surface area contributed by atoms with E-state index in [1.54, 1.807) is 6.08 Å². The molecule has 5 heteroatoms. The molecule has 0 aromatic carbocycles. The molecule has 0 aromatic rings. The van der Waals surface area contributed by atoms with E-state index >= 15 is 0 Å². The predicted octanol–water partition coefficient (Wildman–Crippen LogP) is -0.310. The highest BCUT2D eigenvalue weighted by Crippen LogP contribution is 1.96. The monoisotopic (exact) mass is 184 g/mol. The van der Waals surface area contributed by atoms with E-state index in [0.29, 0.717) is 0 Å². The summed E-state index contributed by atoms with van der Waals surface area (Å²) in [6.45, 7) is 0.745. The number of nitrogens with two attached hydrogens (primary N) is 2. The van der Waals surface area contributed by atoms with Gasteiger partial charge in [-0.3, -0.25) is 9.79 Å². The molecule has 0 radical (unpaired) electrons. The number of nitrogens with one attached hydrogen (secondary N) is 1. The molecule has 0 unspecified atom stereocenters. The molecule has 0 aliphatic carbocycles. The van der Waals surface area contributed by atoms with Crippen molar-refractivity contribution in [2.75, 3.05) is 6.54 Å². The summed E-state index contributed by atoms with van der Waals surface area (Å²) in [4.78, 5) is 14.2. The van der Waals surface area contributed by atoms with Crippen molar-refractivity contribution >= 4 is 12.2 Å². The van der Waals surface area contributed by atoms with Crippen LogP contribution in [0.2, 0.25) is 0 Å². The molecule has 0 spiro atoms. The molecule has 1 amide bonds. The number of aliphatic imine (C=N–C) groups is 1. The van der Waals surface area contributed by atoms with E-state index < -0.39 is 5.91 Å². The first kappa shape index (κ1) is 11.6. The lowest BCUT2D eigenvalue weighted by Crippen LogP contribution is -2.19. The molecule has 0 heterocycles. The molecular formula is C8H16N4O. The van der Waals surface area contributed by atoms with Gasteiger partial charge < -0.3 is 11.2 Å². The van der Waals surface area contributed by atoms with Gasteiger partial charge in [-0.05, 0) is 25.3 Å². The fourth-order valence-corrected chi connectivity index (χ4v) is 0.782. The van der Waals surface area contributed by atoms with Crippen molar-refractivity contribution in [1.29, 1.82) is 0 Å². The number of hydrazine groups is 1. The van der Waals surface area contributed by atoms with Crippen LogP contribution in [0.15, 0.2) is 17.1 Å². The number of unbranched alkanes of at least 4 members (excludes halogenated alkanes) is 2. The molecule has 0 aliphatic heterocycles. The fraction of sp³-hybridized carbons (Fsp3) is 0.500. The standard InChI is InChI=1S/C8H16N4O/c9-8(13)5-3-1-2-4-6-11-7-12-10/h3,5,7H,1-2,4,6,10H2,(H2,9,13)(H,11,12). The summed E-state index contributed by atoms with van der Waals surface area (Å²) in [5, 5.41) is 0. The summed E-state index contributed by atoms with van der Waals surface area (Å²) >= 11 is 0. The van der Waals surface area contributed by atoms with Crippen molar-refractivity contribution in [2.24, 2.45) is 16.6 Å². The number of amides is 1. The van der Waals surface area contributed by atoms with Gasteiger partial charge in [-0.15, -0.1) is 0 Å². The highest BCUT2D eigenvalue weighted by molar-refractivity contribution is 5.85. The summed E-state index contributed by atoms with van der Waals surface area (Å²) in [6.07, 6.45) is 7.43. The first-order valence-electron chi connectivity index (χ1n) is 4.17. The largest absolute Gasteiger partial charge is 0.366 e. The lowest BCUT2D eigenvalue weighted by Gasteiger charge is -1.92.